The standard InChI is InChI=1S/C14H20FN3O/c1-11(16-2)14(19)18-9-7-17(8-10-18)13-6-4-3-5-12(13)15/h3-6,11,16H,7-10H2,1-2H3. The van der Waals surface area contributed by atoms with E-state index >= 15 is 0 Å². The number of carbonyl (C=O) groups is 1. The number of piperazine rings is 1. The highest BCUT2D eigenvalue weighted by molar-refractivity contribution is 5.81. The van der Waals surface area contributed by atoms with Crippen LogP contribution in [-0.2, 0) is 4.79 Å². The average molecular weight is 265 g/mol. The number of nitrogens with zero attached hydrogens (tertiary/aromatic N) is 2. The summed E-state index contributed by atoms with van der Waals surface area (Å²) in [5.41, 5.74) is 0.622. The van der Waals surface area contributed by atoms with E-state index in [1.54, 1.807) is 19.2 Å². The first kappa shape index (κ1) is 13.8. The fourth-order valence-corrected chi connectivity index (χ4v) is 2.27. The lowest BCUT2D eigenvalue weighted by atomic mass is 10.2. The Morgan fingerprint density at radius 3 is 2.47 bits per heavy atom. The van der Waals surface area contributed by atoms with Gasteiger partial charge in [-0.1, -0.05) is 12.1 Å². The third-order valence-corrected chi connectivity index (χ3v) is 3.59. The van der Waals surface area contributed by atoms with Crippen LogP contribution in [0.4, 0.5) is 10.1 Å². The molecule has 0 aliphatic carbocycles. The molecule has 1 fully saturated rings. The molecule has 0 radical (unpaired) electrons. The second-order valence-corrected chi connectivity index (χ2v) is 4.77. The summed E-state index contributed by atoms with van der Waals surface area (Å²) >= 11 is 0. The largest absolute Gasteiger partial charge is 0.366 e. The van der Waals surface area contributed by atoms with Crippen molar-refractivity contribution in [3.8, 4) is 0 Å². The van der Waals surface area contributed by atoms with Gasteiger partial charge in [0.1, 0.15) is 5.82 Å². The van der Waals surface area contributed by atoms with Gasteiger partial charge in [-0.3, -0.25) is 4.79 Å². The van der Waals surface area contributed by atoms with Crippen molar-refractivity contribution in [1.82, 2.24) is 10.2 Å². The van der Waals surface area contributed by atoms with Crippen molar-refractivity contribution in [3.63, 3.8) is 0 Å². The molecule has 1 aromatic rings. The van der Waals surface area contributed by atoms with Crippen molar-refractivity contribution >= 4 is 11.6 Å². The first-order valence-electron chi connectivity index (χ1n) is 6.59. The number of hydrogen-bond donors (Lipinski definition) is 1. The molecule has 0 bridgehead atoms. The van der Waals surface area contributed by atoms with E-state index in [1.807, 2.05) is 22.8 Å². The van der Waals surface area contributed by atoms with Crippen molar-refractivity contribution in [2.24, 2.45) is 0 Å². The minimum Gasteiger partial charge on any atom is -0.366 e. The maximum atomic E-state index is 13.7. The zero-order chi connectivity index (χ0) is 13.8. The van der Waals surface area contributed by atoms with Gasteiger partial charge in [-0.15, -0.1) is 0 Å². The highest BCUT2D eigenvalue weighted by atomic mass is 19.1. The van der Waals surface area contributed by atoms with Gasteiger partial charge in [-0.2, -0.15) is 0 Å². The third-order valence-electron chi connectivity index (χ3n) is 3.59. The van der Waals surface area contributed by atoms with Crippen LogP contribution >= 0.6 is 0 Å². The van der Waals surface area contributed by atoms with Crippen LogP contribution in [0.15, 0.2) is 24.3 Å². The van der Waals surface area contributed by atoms with Crippen LogP contribution in [0, 0.1) is 5.82 Å². The summed E-state index contributed by atoms with van der Waals surface area (Å²) in [6, 6.07) is 6.60. The summed E-state index contributed by atoms with van der Waals surface area (Å²) in [4.78, 5) is 15.8. The molecule has 1 N–H and O–H groups in total. The van der Waals surface area contributed by atoms with Gasteiger partial charge in [0.2, 0.25) is 5.91 Å². The number of benzene rings is 1. The average Bonchev–Trinajstić information content (AvgIpc) is 2.46. The van der Waals surface area contributed by atoms with Crippen molar-refractivity contribution in [2.75, 3.05) is 38.1 Å². The molecule has 1 aliphatic rings. The van der Waals surface area contributed by atoms with Crippen molar-refractivity contribution in [2.45, 2.75) is 13.0 Å². The van der Waals surface area contributed by atoms with Gasteiger partial charge in [-0.25, -0.2) is 4.39 Å². The molecule has 1 amide bonds. The summed E-state index contributed by atoms with van der Waals surface area (Å²) in [7, 11) is 1.78. The zero-order valence-corrected chi connectivity index (χ0v) is 11.4. The summed E-state index contributed by atoms with van der Waals surface area (Å²) in [5, 5.41) is 2.95. The Morgan fingerprint density at radius 1 is 1.26 bits per heavy atom. The first-order chi connectivity index (χ1) is 9.13. The van der Waals surface area contributed by atoms with E-state index in [4.69, 9.17) is 0 Å². The molecule has 19 heavy (non-hydrogen) atoms. The minimum atomic E-state index is -0.203. The van der Waals surface area contributed by atoms with Gasteiger partial charge in [-0.05, 0) is 26.1 Å². The van der Waals surface area contributed by atoms with Gasteiger partial charge in [0, 0.05) is 26.2 Å². The zero-order valence-electron chi connectivity index (χ0n) is 11.4. The molecule has 0 aromatic heterocycles. The van der Waals surface area contributed by atoms with E-state index in [1.165, 1.54) is 6.07 Å². The van der Waals surface area contributed by atoms with Crippen LogP contribution in [0.5, 0.6) is 0 Å². The van der Waals surface area contributed by atoms with Gasteiger partial charge < -0.3 is 15.1 Å². The van der Waals surface area contributed by atoms with Crippen LogP contribution in [0.25, 0.3) is 0 Å². The third kappa shape index (κ3) is 3.04. The summed E-state index contributed by atoms with van der Waals surface area (Å²) < 4.78 is 13.7. The van der Waals surface area contributed by atoms with E-state index in [-0.39, 0.29) is 17.8 Å². The van der Waals surface area contributed by atoms with Gasteiger partial charge in [0.05, 0.1) is 11.7 Å². The lowest BCUT2D eigenvalue weighted by molar-refractivity contribution is -0.133. The molecule has 0 spiro atoms. The van der Waals surface area contributed by atoms with Crippen molar-refractivity contribution in [3.05, 3.63) is 30.1 Å². The normalized spacial score (nSPS) is 17.4. The molecule has 1 heterocycles. The lowest BCUT2D eigenvalue weighted by Gasteiger charge is -2.37. The Kier molecular flexibility index (Phi) is 4.37. The van der Waals surface area contributed by atoms with Crippen LogP contribution in [0.3, 0.4) is 0 Å². The van der Waals surface area contributed by atoms with Crippen LogP contribution in [-0.4, -0.2) is 50.1 Å². The number of anilines is 1. The second-order valence-electron chi connectivity index (χ2n) is 4.77. The quantitative estimate of drug-likeness (QED) is 0.888. The highest BCUT2D eigenvalue weighted by Crippen LogP contribution is 2.20. The number of amides is 1. The minimum absolute atomic E-state index is 0.107. The molecule has 2 rings (SSSR count). The molecule has 4 nitrogen and oxygen atoms in total. The van der Waals surface area contributed by atoms with E-state index < -0.39 is 0 Å². The number of para-hydroxylation sites is 1. The molecular formula is C14H20FN3O. The summed E-state index contributed by atoms with van der Waals surface area (Å²) in [5.74, 6) is -0.0958. The van der Waals surface area contributed by atoms with E-state index in [0.717, 1.165) is 0 Å². The number of rotatable bonds is 3. The first-order valence-corrected chi connectivity index (χ1v) is 6.59. The van der Waals surface area contributed by atoms with Crippen LogP contribution < -0.4 is 10.2 Å². The molecule has 5 heteroatoms. The fraction of sp³-hybridized carbons (Fsp3) is 0.500. The van der Waals surface area contributed by atoms with Crippen LogP contribution in [0.2, 0.25) is 0 Å². The van der Waals surface area contributed by atoms with Gasteiger partial charge >= 0.3 is 0 Å². The molecule has 104 valence electrons. The predicted molar refractivity (Wildman–Crippen MR) is 73.7 cm³/mol. The Morgan fingerprint density at radius 2 is 1.89 bits per heavy atom. The SMILES string of the molecule is CNC(C)C(=O)N1CCN(c2ccccc2F)CC1. The maximum Gasteiger partial charge on any atom is 0.239 e. The topological polar surface area (TPSA) is 35.6 Å². The van der Waals surface area contributed by atoms with Crippen molar-refractivity contribution < 1.29 is 9.18 Å². The molecule has 1 aromatic carbocycles. The number of nitrogens with one attached hydrogen (secondary N) is 1. The Balaban J connectivity index is 1.96. The Hall–Kier alpha value is -1.62. The van der Waals surface area contributed by atoms with Crippen LogP contribution in [0.1, 0.15) is 6.92 Å². The number of likely N-dealkylation sites (N-methyl/N-ethyl adjacent to an activating group) is 1. The van der Waals surface area contributed by atoms with Gasteiger partial charge in [0.15, 0.2) is 0 Å². The molecule has 1 aliphatic heterocycles. The predicted octanol–water partition coefficient (Wildman–Crippen LogP) is 1.08. The monoisotopic (exact) mass is 265 g/mol. The fourth-order valence-electron chi connectivity index (χ4n) is 2.27. The van der Waals surface area contributed by atoms with Gasteiger partial charge in [0.25, 0.3) is 0 Å². The molecular weight excluding hydrogens is 245 g/mol. The van der Waals surface area contributed by atoms with E-state index in [0.29, 0.717) is 31.9 Å². The number of halogens is 1. The number of carbonyl (C=O) groups excluding carboxylic acids is 1. The maximum absolute atomic E-state index is 13.7. The summed E-state index contributed by atoms with van der Waals surface area (Å²) in [6.45, 7) is 4.47. The molecule has 0 saturated carbocycles. The Bertz CT molecular complexity index is 444. The summed E-state index contributed by atoms with van der Waals surface area (Å²) in [6.07, 6.45) is 0. The van der Waals surface area contributed by atoms with E-state index in [2.05, 4.69) is 5.32 Å². The van der Waals surface area contributed by atoms with E-state index in [9.17, 15) is 9.18 Å². The number of hydrogen-bond acceptors (Lipinski definition) is 3. The smallest absolute Gasteiger partial charge is 0.239 e. The second kappa shape index (κ2) is 6.02. The van der Waals surface area contributed by atoms with Crippen molar-refractivity contribution in [1.29, 1.82) is 0 Å². The Labute approximate surface area is 113 Å². The molecule has 1 unspecified atom stereocenters. The lowest BCUT2D eigenvalue weighted by Crippen LogP contribution is -2.53. The molecule has 1 atom stereocenters. The highest BCUT2D eigenvalue weighted by Gasteiger charge is 2.24. The molecule has 1 saturated heterocycles.